The zero-order chi connectivity index (χ0) is 16.2. The number of rotatable bonds is 5. The van der Waals surface area contributed by atoms with E-state index in [-0.39, 0.29) is 40.9 Å². The van der Waals surface area contributed by atoms with Crippen molar-refractivity contribution in [2.75, 3.05) is 13.1 Å². The zero-order valence-corrected chi connectivity index (χ0v) is 15.0. The molecule has 0 spiro atoms. The highest BCUT2D eigenvalue weighted by atomic mass is 35.5. The van der Waals surface area contributed by atoms with E-state index in [4.69, 9.17) is 0 Å². The summed E-state index contributed by atoms with van der Waals surface area (Å²) in [4.78, 5) is 31.4. The van der Waals surface area contributed by atoms with E-state index in [0.29, 0.717) is 18.1 Å². The van der Waals surface area contributed by atoms with Crippen LogP contribution in [0.1, 0.15) is 56.5 Å². The second-order valence-corrected chi connectivity index (χ2v) is 6.29. The predicted octanol–water partition coefficient (Wildman–Crippen LogP) is 1.53. The van der Waals surface area contributed by atoms with Gasteiger partial charge < -0.3 is 15.6 Å². The van der Waals surface area contributed by atoms with Crippen LogP contribution in [0.2, 0.25) is 0 Å². The van der Waals surface area contributed by atoms with E-state index in [1.54, 1.807) is 6.92 Å². The summed E-state index contributed by atoms with van der Waals surface area (Å²) in [6.07, 6.45) is 0. The maximum absolute atomic E-state index is 12.2. The van der Waals surface area contributed by atoms with Crippen LogP contribution in [0.25, 0.3) is 0 Å². The molecule has 0 bridgehead atoms. The Balaban J connectivity index is 0.00000441. The lowest BCUT2D eigenvalue weighted by Gasteiger charge is -2.18. The molecule has 0 aliphatic carbocycles. The number of hydrogen-bond acceptors (Lipinski definition) is 4. The molecule has 126 valence electrons. The van der Waals surface area contributed by atoms with Crippen LogP contribution >= 0.6 is 12.4 Å². The highest BCUT2D eigenvalue weighted by Crippen LogP contribution is 2.17. The molecular formula is C15H27ClN4O2. The third kappa shape index (κ3) is 5.42. The number of hydrogen-bond donors (Lipinski definition) is 3. The number of H-pyrrole nitrogens is 1. The van der Waals surface area contributed by atoms with Gasteiger partial charge in [-0.1, -0.05) is 27.7 Å². The smallest absolute Gasteiger partial charge is 0.264 e. The average Bonchev–Trinajstić information content (AvgIpc) is 2.34. The van der Waals surface area contributed by atoms with Gasteiger partial charge >= 0.3 is 0 Å². The van der Waals surface area contributed by atoms with E-state index < -0.39 is 0 Å². The topological polar surface area (TPSA) is 86.9 Å². The van der Waals surface area contributed by atoms with E-state index in [1.165, 1.54) is 0 Å². The molecule has 7 heteroatoms. The molecule has 0 fully saturated rings. The molecule has 1 aromatic heterocycles. The lowest BCUT2D eigenvalue weighted by Crippen LogP contribution is -2.41. The predicted molar refractivity (Wildman–Crippen MR) is 91.0 cm³/mol. The normalized spacial score (nSPS) is 12.5. The molecule has 0 aliphatic rings. The van der Waals surface area contributed by atoms with Crippen molar-refractivity contribution in [1.29, 1.82) is 0 Å². The van der Waals surface area contributed by atoms with Crippen molar-refractivity contribution < 1.29 is 4.79 Å². The molecule has 0 saturated heterocycles. The summed E-state index contributed by atoms with van der Waals surface area (Å²) < 4.78 is 0. The second kappa shape index (κ2) is 8.29. The van der Waals surface area contributed by atoms with Gasteiger partial charge in [-0.15, -0.1) is 12.4 Å². The largest absolute Gasteiger partial charge is 0.350 e. The van der Waals surface area contributed by atoms with E-state index in [2.05, 4.69) is 20.6 Å². The molecule has 0 aliphatic heterocycles. The summed E-state index contributed by atoms with van der Waals surface area (Å²) in [5.41, 5.74) is -0.108. The monoisotopic (exact) mass is 330 g/mol. The number of amides is 1. The summed E-state index contributed by atoms with van der Waals surface area (Å²) in [5, 5.41) is 5.96. The molecule has 1 aromatic rings. The van der Waals surface area contributed by atoms with E-state index in [1.807, 2.05) is 34.6 Å². The number of carbonyl (C=O) groups is 1. The fourth-order valence-corrected chi connectivity index (χ4v) is 1.96. The Morgan fingerprint density at radius 3 is 2.41 bits per heavy atom. The first-order valence-electron chi connectivity index (χ1n) is 7.29. The number of nitrogens with one attached hydrogen (secondary N) is 3. The van der Waals surface area contributed by atoms with Crippen molar-refractivity contribution in [1.82, 2.24) is 20.6 Å². The van der Waals surface area contributed by atoms with Crippen LogP contribution < -0.4 is 16.2 Å². The van der Waals surface area contributed by atoms with Crippen molar-refractivity contribution in [2.24, 2.45) is 0 Å². The lowest BCUT2D eigenvalue weighted by atomic mass is 9.95. The van der Waals surface area contributed by atoms with Gasteiger partial charge in [0.1, 0.15) is 11.4 Å². The van der Waals surface area contributed by atoms with Gasteiger partial charge in [-0.2, -0.15) is 0 Å². The zero-order valence-electron chi connectivity index (χ0n) is 14.2. The minimum Gasteiger partial charge on any atom is -0.350 e. The Morgan fingerprint density at radius 2 is 1.95 bits per heavy atom. The number of aromatic amines is 1. The number of likely N-dealkylation sites (N-methyl/N-ethyl adjacent to an activating group) is 1. The third-order valence-corrected chi connectivity index (χ3v) is 3.16. The molecule has 1 rings (SSSR count). The van der Waals surface area contributed by atoms with Crippen LogP contribution in [-0.2, 0) is 5.41 Å². The minimum atomic E-state index is -0.388. The van der Waals surface area contributed by atoms with Crippen molar-refractivity contribution in [3.63, 3.8) is 0 Å². The SMILES string of the molecule is CCN[C@H](C)CNC(=O)c1c(C)nc(C(C)(C)C)[nH]c1=O.Cl. The minimum absolute atomic E-state index is 0. The molecule has 3 N–H and O–H groups in total. The van der Waals surface area contributed by atoms with Gasteiger partial charge in [0.05, 0.1) is 5.69 Å². The Bertz CT molecular complexity index is 564. The Kier molecular flexibility index (Phi) is 7.76. The molecule has 1 heterocycles. The van der Waals surface area contributed by atoms with Gasteiger partial charge in [-0.05, 0) is 20.4 Å². The van der Waals surface area contributed by atoms with Gasteiger partial charge in [-0.25, -0.2) is 4.98 Å². The van der Waals surface area contributed by atoms with E-state index >= 15 is 0 Å². The molecule has 6 nitrogen and oxygen atoms in total. The first-order valence-corrected chi connectivity index (χ1v) is 7.29. The third-order valence-electron chi connectivity index (χ3n) is 3.16. The van der Waals surface area contributed by atoms with Crippen LogP contribution in [0.3, 0.4) is 0 Å². The fourth-order valence-electron chi connectivity index (χ4n) is 1.96. The molecule has 1 atom stereocenters. The average molecular weight is 331 g/mol. The van der Waals surface area contributed by atoms with E-state index in [0.717, 1.165) is 6.54 Å². The van der Waals surface area contributed by atoms with Crippen molar-refractivity contribution in [2.45, 2.75) is 53.0 Å². The molecule has 0 saturated carbocycles. The molecule has 22 heavy (non-hydrogen) atoms. The van der Waals surface area contributed by atoms with Crippen molar-refractivity contribution in [3.05, 3.63) is 27.4 Å². The molecular weight excluding hydrogens is 304 g/mol. The molecule has 1 amide bonds. The molecule has 0 radical (unpaired) electrons. The Morgan fingerprint density at radius 1 is 1.36 bits per heavy atom. The van der Waals surface area contributed by atoms with Gasteiger partial charge in [0.25, 0.3) is 11.5 Å². The van der Waals surface area contributed by atoms with Crippen LogP contribution in [0.15, 0.2) is 4.79 Å². The van der Waals surface area contributed by atoms with Crippen LogP contribution in [0, 0.1) is 6.92 Å². The highest BCUT2D eigenvalue weighted by Gasteiger charge is 2.22. The lowest BCUT2D eigenvalue weighted by molar-refractivity contribution is 0.0947. The Hall–Kier alpha value is -1.40. The highest BCUT2D eigenvalue weighted by molar-refractivity contribution is 5.94. The number of nitrogens with zero attached hydrogens (tertiary/aromatic N) is 1. The number of halogens is 1. The van der Waals surface area contributed by atoms with Crippen molar-refractivity contribution in [3.8, 4) is 0 Å². The standard InChI is InChI=1S/C15H26N4O2.ClH/c1-7-16-9(2)8-17-12(20)11-10(3)18-14(15(4,5)6)19-13(11)21;/h9,16H,7-8H2,1-6H3,(H,17,20)(H,18,19,21);1H/t9-;/m1./s1. The first-order chi connectivity index (χ1) is 9.66. The maximum Gasteiger partial charge on any atom is 0.264 e. The molecule has 0 aromatic carbocycles. The van der Waals surface area contributed by atoms with Gasteiger partial charge in [-0.3, -0.25) is 9.59 Å². The second-order valence-electron chi connectivity index (χ2n) is 6.29. The maximum atomic E-state index is 12.2. The summed E-state index contributed by atoms with van der Waals surface area (Å²) in [7, 11) is 0. The number of aryl methyl sites for hydroxylation is 1. The quantitative estimate of drug-likeness (QED) is 0.764. The van der Waals surface area contributed by atoms with Crippen LogP contribution in [-0.4, -0.2) is 35.0 Å². The summed E-state index contributed by atoms with van der Waals surface area (Å²) in [5.74, 6) is 0.203. The fraction of sp³-hybridized carbons (Fsp3) is 0.667. The number of aromatic nitrogens is 2. The van der Waals surface area contributed by atoms with E-state index in [9.17, 15) is 9.59 Å². The summed E-state index contributed by atoms with van der Waals surface area (Å²) in [6.45, 7) is 12.8. The van der Waals surface area contributed by atoms with Crippen LogP contribution in [0.4, 0.5) is 0 Å². The summed E-state index contributed by atoms with van der Waals surface area (Å²) >= 11 is 0. The van der Waals surface area contributed by atoms with Gasteiger partial charge in [0, 0.05) is 18.0 Å². The van der Waals surface area contributed by atoms with Gasteiger partial charge in [0.15, 0.2) is 0 Å². The first kappa shape index (κ1) is 20.6. The molecule has 0 unspecified atom stereocenters. The van der Waals surface area contributed by atoms with Crippen molar-refractivity contribution >= 4 is 18.3 Å². The summed E-state index contributed by atoms with van der Waals surface area (Å²) in [6, 6.07) is 0.153. The number of carbonyl (C=O) groups excluding carboxylic acids is 1. The van der Waals surface area contributed by atoms with Gasteiger partial charge in [0.2, 0.25) is 0 Å². The van der Waals surface area contributed by atoms with Crippen LogP contribution in [0.5, 0.6) is 0 Å². The Labute approximate surface area is 137 Å².